The van der Waals surface area contributed by atoms with E-state index in [2.05, 4.69) is 0 Å². The molecule has 0 heterocycles. The highest BCUT2D eigenvalue weighted by molar-refractivity contribution is 14.1. The van der Waals surface area contributed by atoms with Crippen LogP contribution >= 0.6 is 22.6 Å². The molecule has 1 atom stereocenters. The van der Waals surface area contributed by atoms with Crippen molar-refractivity contribution >= 4 is 22.6 Å². The maximum atomic E-state index is 13.6. The van der Waals surface area contributed by atoms with Gasteiger partial charge in [-0.05, 0) is 59.2 Å². The Bertz CT molecular complexity index is 344. The molecule has 0 N–H and O–H groups in total. The molecule has 0 aliphatic heterocycles. The van der Waals surface area contributed by atoms with Gasteiger partial charge in [0.25, 0.3) is 0 Å². The van der Waals surface area contributed by atoms with Gasteiger partial charge in [-0.15, -0.1) is 0 Å². The fourth-order valence-corrected chi connectivity index (χ4v) is 1.62. The minimum absolute atomic E-state index is 0.0553. The molecule has 16 heavy (non-hydrogen) atoms. The number of halogens is 5. The third-order valence-corrected chi connectivity index (χ3v) is 2.86. The van der Waals surface area contributed by atoms with Gasteiger partial charge in [0.15, 0.2) is 3.68 Å². The second-order valence-electron chi connectivity index (χ2n) is 3.66. The molecule has 0 nitrogen and oxygen atoms in total. The lowest BCUT2D eigenvalue weighted by Gasteiger charge is -2.17. The van der Waals surface area contributed by atoms with E-state index in [4.69, 9.17) is 0 Å². The molecule has 0 aromatic heterocycles. The number of benzene rings is 1. The van der Waals surface area contributed by atoms with Gasteiger partial charge >= 0.3 is 6.18 Å². The molecule has 1 aromatic rings. The van der Waals surface area contributed by atoms with Crippen molar-refractivity contribution in [2.45, 2.75) is 30.1 Å². The van der Waals surface area contributed by atoms with E-state index in [1.54, 1.807) is 6.92 Å². The number of hydrogen-bond acceptors (Lipinski definition) is 0. The Morgan fingerprint density at radius 1 is 1.06 bits per heavy atom. The van der Waals surface area contributed by atoms with Gasteiger partial charge in [0.2, 0.25) is 0 Å². The average Bonchev–Trinajstić information content (AvgIpc) is 2.14. The van der Waals surface area contributed by atoms with Crippen LogP contribution in [0.2, 0.25) is 0 Å². The first kappa shape index (κ1) is 13.7. The van der Waals surface area contributed by atoms with Crippen molar-refractivity contribution in [1.82, 2.24) is 0 Å². The first-order valence-electron chi connectivity index (χ1n) is 4.74. The van der Waals surface area contributed by atoms with E-state index >= 15 is 0 Å². The van der Waals surface area contributed by atoms with Crippen molar-refractivity contribution in [3.8, 4) is 0 Å². The third kappa shape index (κ3) is 3.33. The van der Waals surface area contributed by atoms with Crippen LogP contribution in [0.4, 0.5) is 17.6 Å². The highest BCUT2D eigenvalue weighted by Crippen LogP contribution is 2.37. The SMILES string of the molecule is CCc1cc(C(F)(F)F)cc(C(C)(F)I)c1. The first-order chi connectivity index (χ1) is 7.14. The maximum absolute atomic E-state index is 13.6. The summed E-state index contributed by atoms with van der Waals surface area (Å²) in [6.45, 7) is 2.98. The van der Waals surface area contributed by atoms with Crippen molar-refractivity contribution in [2.24, 2.45) is 0 Å². The van der Waals surface area contributed by atoms with Crippen LogP contribution in [-0.2, 0) is 16.3 Å². The van der Waals surface area contributed by atoms with Crippen LogP contribution in [0.15, 0.2) is 18.2 Å². The van der Waals surface area contributed by atoms with E-state index in [1.807, 2.05) is 0 Å². The number of alkyl halides is 5. The number of aryl methyl sites for hydroxylation is 1. The molecule has 0 aliphatic carbocycles. The van der Waals surface area contributed by atoms with Gasteiger partial charge in [-0.1, -0.05) is 13.0 Å². The molecule has 0 saturated heterocycles. The summed E-state index contributed by atoms with van der Waals surface area (Å²) in [5.41, 5.74) is -0.243. The van der Waals surface area contributed by atoms with Crippen LogP contribution in [0.1, 0.15) is 30.5 Å². The lowest BCUT2D eigenvalue weighted by Crippen LogP contribution is -2.11. The van der Waals surface area contributed by atoms with E-state index in [9.17, 15) is 17.6 Å². The summed E-state index contributed by atoms with van der Waals surface area (Å²) in [5, 5.41) is 0. The Morgan fingerprint density at radius 3 is 1.94 bits per heavy atom. The van der Waals surface area contributed by atoms with Gasteiger partial charge in [-0.2, -0.15) is 13.2 Å². The minimum Gasteiger partial charge on any atom is -0.227 e. The topological polar surface area (TPSA) is 0 Å². The van der Waals surface area contributed by atoms with Crippen molar-refractivity contribution in [3.63, 3.8) is 0 Å². The minimum atomic E-state index is -4.43. The van der Waals surface area contributed by atoms with Crippen LogP contribution in [0.5, 0.6) is 0 Å². The summed E-state index contributed by atoms with van der Waals surface area (Å²) in [4.78, 5) is 0. The fraction of sp³-hybridized carbons (Fsp3) is 0.455. The van der Waals surface area contributed by atoms with Crippen LogP contribution in [0, 0.1) is 0 Å². The molecule has 90 valence electrons. The van der Waals surface area contributed by atoms with Crippen LogP contribution in [0.3, 0.4) is 0 Å². The Kier molecular flexibility index (Phi) is 3.87. The lowest BCUT2D eigenvalue weighted by molar-refractivity contribution is -0.137. The van der Waals surface area contributed by atoms with Crippen LogP contribution in [-0.4, -0.2) is 0 Å². The van der Waals surface area contributed by atoms with E-state index in [-0.39, 0.29) is 5.56 Å². The molecule has 0 fully saturated rings. The van der Waals surface area contributed by atoms with Crippen LogP contribution in [0.25, 0.3) is 0 Å². The summed E-state index contributed by atoms with van der Waals surface area (Å²) in [6.07, 6.45) is -3.98. The molecule has 1 unspecified atom stereocenters. The van der Waals surface area contributed by atoms with Gasteiger partial charge in [0.05, 0.1) is 5.56 Å². The Labute approximate surface area is 105 Å². The van der Waals surface area contributed by atoms with E-state index < -0.39 is 15.4 Å². The zero-order valence-corrected chi connectivity index (χ0v) is 11.0. The van der Waals surface area contributed by atoms with Gasteiger partial charge in [0, 0.05) is 0 Å². The van der Waals surface area contributed by atoms with E-state index in [0.717, 1.165) is 12.1 Å². The Hall–Kier alpha value is -0.330. The summed E-state index contributed by atoms with van der Waals surface area (Å²) in [7, 11) is 0. The Morgan fingerprint density at radius 2 is 1.56 bits per heavy atom. The summed E-state index contributed by atoms with van der Waals surface area (Å²) >= 11 is 1.49. The second-order valence-corrected chi connectivity index (χ2v) is 5.68. The van der Waals surface area contributed by atoms with Gasteiger partial charge in [-0.3, -0.25) is 0 Å². The molecule has 0 amide bonds. The molecule has 0 radical (unpaired) electrons. The van der Waals surface area contributed by atoms with Crippen molar-refractivity contribution in [3.05, 3.63) is 34.9 Å². The quantitative estimate of drug-likeness (QED) is 0.408. The lowest BCUT2D eigenvalue weighted by atomic mass is 10.0. The average molecular weight is 346 g/mol. The predicted molar refractivity (Wildman–Crippen MR) is 63.3 cm³/mol. The van der Waals surface area contributed by atoms with Gasteiger partial charge in [-0.25, -0.2) is 4.39 Å². The molecular weight excluding hydrogens is 335 g/mol. The van der Waals surface area contributed by atoms with E-state index in [0.29, 0.717) is 12.0 Å². The van der Waals surface area contributed by atoms with Crippen LogP contribution < -0.4 is 0 Å². The summed E-state index contributed by atoms with van der Waals surface area (Å²) in [5.74, 6) is 0. The monoisotopic (exact) mass is 346 g/mol. The molecule has 5 heteroatoms. The third-order valence-electron chi connectivity index (χ3n) is 2.24. The molecule has 0 aliphatic rings. The van der Waals surface area contributed by atoms with Gasteiger partial charge < -0.3 is 0 Å². The van der Waals surface area contributed by atoms with Crippen molar-refractivity contribution in [1.29, 1.82) is 0 Å². The summed E-state index contributed by atoms with van der Waals surface area (Å²) in [6, 6.07) is 3.40. The standard InChI is InChI=1S/C11H11F4I/c1-3-7-4-8(10(2,12)16)6-9(5-7)11(13,14)15/h4-6H,3H2,1-2H3. The molecule has 1 aromatic carbocycles. The Balaban J connectivity index is 3.33. The molecule has 1 rings (SSSR count). The second kappa shape index (κ2) is 4.50. The zero-order chi connectivity index (χ0) is 12.6. The fourth-order valence-electron chi connectivity index (χ4n) is 1.31. The molecular formula is C11H11F4I. The number of hydrogen-bond donors (Lipinski definition) is 0. The van der Waals surface area contributed by atoms with Gasteiger partial charge in [0.1, 0.15) is 0 Å². The molecule has 0 bridgehead atoms. The highest BCUT2D eigenvalue weighted by atomic mass is 127. The summed E-state index contributed by atoms with van der Waals surface area (Å²) < 4.78 is 49.5. The van der Waals surface area contributed by atoms with E-state index in [1.165, 1.54) is 35.6 Å². The highest BCUT2D eigenvalue weighted by Gasteiger charge is 2.33. The predicted octanol–water partition coefficient (Wildman–Crippen LogP) is 4.85. The molecule has 0 saturated carbocycles. The largest absolute Gasteiger partial charge is 0.416 e. The van der Waals surface area contributed by atoms with Crippen molar-refractivity contribution in [2.75, 3.05) is 0 Å². The normalized spacial score (nSPS) is 15.9. The van der Waals surface area contributed by atoms with Crippen molar-refractivity contribution < 1.29 is 17.6 Å². The number of rotatable bonds is 2. The smallest absolute Gasteiger partial charge is 0.227 e. The molecule has 0 spiro atoms. The first-order valence-corrected chi connectivity index (χ1v) is 5.82. The maximum Gasteiger partial charge on any atom is 0.416 e. The zero-order valence-electron chi connectivity index (χ0n) is 8.83.